The fraction of sp³-hybridized carbons (Fsp3) is 0.583. The summed E-state index contributed by atoms with van der Waals surface area (Å²) in [4.78, 5) is 20.2. The number of hydrogen-bond acceptors (Lipinski definition) is 4. The van der Waals surface area contributed by atoms with Crippen LogP contribution in [0.2, 0.25) is 10.3 Å². The Balaban J connectivity index is 2.20. The van der Waals surface area contributed by atoms with E-state index in [2.05, 4.69) is 20.6 Å². The molecule has 0 radical (unpaired) electrons. The number of carbonyl (C=O) groups is 1. The molecule has 1 saturated heterocycles. The van der Waals surface area contributed by atoms with Crippen LogP contribution in [0.1, 0.15) is 26.2 Å². The van der Waals surface area contributed by atoms with E-state index in [0.717, 1.165) is 32.4 Å². The first-order valence-corrected chi connectivity index (χ1v) is 7.03. The van der Waals surface area contributed by atoms with Crippen molar-refractivity contribution in [2.24, 2.45) is 5.41 Å². The van der Waals surface area contributed by atoms with Gasteiger partial charge in [0.2, 0.25) is 5.91 Å². The third-order valence-electron chi connectivity index (χ3n) is 3.71. The van der Waals surface area contributed by atoms with E-state index < -0.39 is 0 Å². The van der Waals surface area contributed by atoms with E-state index in [1.54, 1.807) is 0 Å². The van der Waals surface area contributed by atoms with E-state index in [9.17, 15) is 4.79 Å². The maximum atomic E-state index is 12.5. The van der Waals surface area contributed by atoms with Crippen molar-refractivity contribution in [1.29, 1.82) is 0 Å². The molecule has 2 N–H and O–H groups in total. The van der Waals surface area contributed by atoms with Crippen LogP contribution in [0.5, 0.6) is 0 Å². The standard InChI is InChI=1S/C12H16Cl2N4O/c1-2-12(3-5-15-6-4-12)11(19)18-8-9(13)16-7-17-10(8)14/h7,15H,2-6H2,1H3,(H,18,19). The van der Waals surface area contributed by atoms with Gasteiger partial charge in [0.15, 0.2) is 10.3 Å². The number of nitrogens with zero attached hydrogens (tertiary/aromatic N) is 2. The number of amides is 1. The number of rotatable bonds is 3. The molecule has 0 saturated carbocycles. The molecule has 2 heterocycles. The van der Waals surface area contributed by atoms with E-state index in [1.807, 2.05) is 6.92 Å². The zero-order chi connectivity index (χ0) is 13.9. The Morgan fingerprint density at radius 2 is 1.95 bits per heavy atom. The normalized spacial score (nSPS) is 18.1. The lowest BCUT2D eigenvalue weighted by Gasteiger charge is -2.35. The van der Waals surface area contributed by atoms with Crippen molar-refractivity contribution in [3.05, 3.63) is 16.6 Å². The average Bonchev–Trinajstić information content (AvgIpc) is 2.43. The largest absolute Gasteiger partial charge is 0.320 e. The van der Waals surface area contributed by atoms with Crippen molar-refractivity contribution in [1.82, 2.24) is 15.3 Å². The zero-order valence-corrected chi connectivity index (χ0v) is 12.2. The number of nitrogens with one attached hydrogen (secondary N) is 2. The Morgan fingerprint density at radius 3 is 2.47 bits per heavy atom. The molecule has 0 atom stereocenters. The highest BCUT2D eigenvalue weighted by atomic mass is 35.5. The van der Waals surface area contributed by atoms with Crippen LogP contribution in [0, 0.1) is 5.41 Å². The second-order valence-electron chi connectivity index (χ2n) is 4.67. The molecule has 0 unspecified atom stereocenters. The SMILES string of the molecule is CCC1(C(=O)Nc2c(Cl)ncnc2Cl)CCNCC1. The number of anilines is 1. The summed E-state index contributed by atoms with van der Waals surface area (Å²) in [5.41, 5.74) is -0.0736. The van der Waals surface area contributed by atoms with Crippen molar-refractivity contribution in [2.75, 3.05) is 18.4 Å². The molecule has 5 nitrogen and oxygen atoms in total. The summed E-state index contributed by atoms with van der Waals surface area (Å²) in [6, 6.07) is 0. The third-order valence-corrected chi connectivity index (χ3v) is 4.29. The molecular formula is C12H16Cl2N4O. The van der Waals surface area contributed by atoms with Crippen LogP contribution in [-0.4, -0.2) is 29.0 Å². The first kappa shape index (κ1) is 14.5. The van der Waals surface area contributed by atoms with Crippen LogP contribution < -0.4 is 10.6 Å². The highest BCUT2D eigenvalue weighted by Crippen LogP contribution is 2.35. The Hall–Kier alpha value is -0.910. The minimum absolute atomic E-state index is 0.0601. The summed E-state index contributed by atoms with van der Waals surface area (Å²) in [5, 5.41) is 6.36. The highest BCUT2D eigenvalue weighted by molar-refractivity contribution is 6.38. The fourth-order valence-electron chi connectivity index (χ4n) is 2.34. The Labute approximate surface area is 122 Å². The van der Waals surface area contributed by atoms with Gasteiger partial charge in [0.05, 0.1) is 5.41 Å². The van der Waals surface area contributed by atoms with Gasteiger partial charge in [0.25, 0.3) is 0 Å². The number of aromatic nitrogens is 2. The Morgan fingerprint density at radius 1 is 1.37 bits per heavy atom. The van der Waals surface area contributed by atoms with Gasteiger partial charge in [-0.05, 0) is 32.4 Å². The van der Waals surface area contributed by atoms with Gasteiger partial charge >= 0.3 is 0 Å². The first-order chi connectivity index (χ1) is 9.09. The summed E-state index contributed by atoms with van der Waals surface area (Å²) in [6.45, 7) is 3.71. The molecule has 1 fully saturated rings. The van der Waals surface area contributed by atoms with Crippen molar-refractivity contribution >= 4 is 34.8 Å². The van der Waals surface area contributed by atoms with Crippen molar-refractivity contribution < 1.29 is 4.79 Å². The van der Waals surface area contributed by atoms with Gasteiger partial charge < -0.3 is 10.6 Å². The topological polar surface area (TPSA) is 66.9 Å². The van der Waals surface area contributed by atoms with E-state index in [-0.39, 0.29) is 21.6 Å². The highest BCUT2D eigenvalue weighted by Gasteiger charge is 2.38. The van der Waals surface area contributed by atoms with E-state index in [1.165, 1.54) is 6.33 Å². The molecule has 1 aromatic heterocycles. The van der Waals surface area contributed by atoms with Crippen molar-refractivity contribution in [3.63, 3.8) is 0 Å². The minimum atomic E-state index is -0.367. The van der Waals surface area contributed by atoms with Gasteiger partial charge in [-0.15, -0.1) is 0 Å². The van der Waals surface area contributed by atoms with Crippen LogP contribution in [0.3, 0.4) is 0 Å². The molecule has 1 aliphatic rings. The molecule has 19 heavy (non-hydrogen) atoms. The molecule has 2 rings (SSSR count). The summed E-state index contributed by atoms with van der Waals surface area (Å²) in [7, 11) is 0. The average molecular weight is 303 g/mol. The molecule has 7 heteroatoms. The third kappa shape index (κ3) is 2.99. The van der Waals surface area contributed by atoms with Gasteiger partial charge in [-0.3, -0.25) is 4.79 Å². The van der Waals surface area contributed by atoms with E-state index in [4.69, 9.17) is 23.2 Å². The van der Waals surface area contributed by atoms with Gasteiger partial charge in [0, 0.05) is 0 Å². The van der Waals surface area contributed by atoms with Crippen LogP contribution in [0.15, 0.2) is 6.33 Å². The monoisotopic (exact) mass is 302 g/mol. The maximum absolute atomic E-state index is 12.5. The van der Waals surface area contributed by atoms with E-state index in [0.29, 0.717) is 5.69 Å². The van der Waals surface area contributed by atoms with Gasteiger partial charge in [-0.2, -0.15) is 0 Å². The minimum Gasteiger partial charge on any atom is -0.320 e. The van der Waals surface area contributed by atoms with Gasteiger partial charge in [-0.1, -0.05) is 30.1 Å². The molecule has 1 amide bonds. The summed E-state index contributed by atoms with van der Waals surface area (Å²) >= 11 is 11.9. The van der Waals surface area contributed by atoms with Crippen molar-refractivity contribution in [3.8, 4) is 0 Å². The van der Waals surface area contributed by atoms with Gasteiger partial charge in [-0.25, -0.2) is 9.97 Å². The molecule has 0 bridgehead atoms. The Bertz CT molecular complexity index is 455. The summed E-state index contributed by atoms with van der Waals surface area (Å²) in [6.07, 6.45) is 3.65. The van der Waals surface area contributed by atoms with Crippen LogP contribution >= 0.6 is 23.2 Å². The predicted octanol–water partition coefficient (Wildman–Crippen LogP) is 2.50. The number of halogens is 2. The van der Waals surface area contributed by atoms with Crippen LogP contribution in [-0.2, 0) is 4.79 Å². The molecule has 0 aromatic carbocycles. The number of carbonyl (C=O) groups excluding carboxylic acids is 1. The second kappa shape index (κ2) is 6.03. The molecule has 1 aliphatic heterocycles. The number of piperidine rings is 1. The van der Waals surface area contributed by atoms with E-state index >= 15 is 0 Å². The molecule has 0 aliphatic carbocycles. The fourth-order valence-corrected chi connectivity index (χ4v) is 2.75. The summed E-state index contributed by atoms with van der Waals surface area (Å²) < 4.78 is 0. The summed E-state index contributed by atoms with van der Waals surface area (Å²) in [5.74, 6) is -0.0601. The maximum Gasteiger partial charge on any atom is 0.230 e. The smallest absolute Gasteiger partial charge is 0.230 e. The second-order valence-corrected chi connectivity index (χ2v) is 5.38. The quantitative estimate of drug-likeness (QED) is 0.842. The lowest BCUT2D eigenvalue weighted by atomic mass is 9.76. The van der Waals surface area contributed by atoms with Crippen LogP contribution in [0.4, 0.5) is 5.69 Å². The number of hydrogen-bond donors (Lipinski definition) is 2. The van der Waals surface area contributed by atoms with Crippen molar-refractivity contribution in [2.45, 2.75) is 26.2 Å². The molecular weight excluding hydrogens is 287 g/mol. The molecule has 0 spiro atoms. The predicted molar refractivity (Wildman–Crippen MR) is 75.5 cm³/mol. The first-order valence-electron chi connectivity index (χ1n) is 6.27. The molecule has 104 valence electrons. The van der Waals surface area contributed by atoms with Gasteiger partial charge in [0.1, 0.15) is 12.0 Å². The molecule has 1 aromatic rings. The zero-order valence-electron chi connectivity index (χ0n) is 10.7. The lowest BCUT2D eigenvalue weighted by Crippen LogP contribution is -2.44. The van der Waals surface area contributed by atoms with Crippen LogP contribution in [0.25, 0.3) is 0 Å². The Kier molecular flexibility index (Phi) is 4.60. The lowest BCUT2D eigenvalue weighted by molar-refractivity contribution is -0.127.